The molecule has 2 aromatic carbocycles. The van der Waals surface area contributed by atoms with Gasteiger partial charge in [0.15, 0.2) is 5.78 Å². The molecular weight excluding hydrogens is 394 g/mol. The fourth-order valence-electron chi connectivity index (χ4n) is 3.50. The van der Waals surface area contributed by atoms with E-state index >= 15 is 0 Å². The van der Waals surface area contributed by atoms with E-state index in [0.29, 0.717) is 16.8 Å². The molecule has 1 heterocycles. The molecule has 1 aliphatic rings. The summed E-state index contributed by atoms with van der Waals surface area (Å²) in [5.74, 6) is -1.15. The highest BCUT2D eigenvalue weighted by Crippen LogP contribution is 2.31. The van der Waals surface area contributed by atoms with Crippen LogP contribution in [0.2, 0.25) is 0 Å². The smallest absolute Gasteiger partial charge is 0.325 e. The second-order valence-corrected chi connectivity index (χ2v) is 8.96. The molecule has 2 N–H and O–H groups in total. The maximum absolute atomic E-state index is 13.1. The summed E-state index contributed by atoms with van der Waals surface area (Å²) in [7, 11) is 0. The van der Waals surface area contributed by atoms with Gasteiger partial charge in [-0.2, -0.15) is 0 Å². The monoisotopic (exact) mass is 421 g/mol. The molecule has 7 nitrogen and oxygen atoms in total. The number of ketones is 1. The van der Waals surface area contributed by atoms with Gasteiger partial charge in [0.25, 0.3) is 5.91 Å². The van der Waals surface area contributed by atoms with Crippen molar-refractivity contribution in [3.8, 4) is 0 Å². The van der Waals surface area contributed by atoms with Gasteiger partial charge in [-0.05, 0) is 42.5 Å². The molecule has 3 rings (SSSR count). The summed E-state index contributed by atoms with van der Waals surface area (Å²) in [5, 5.41) is 5.34. The first-order valence-electron chi connectivity index (χ1n) is 10.1. The van der Waals surface area contributed by atoms with Crippen LogP contribution in [-0.2, 0) is 20.5 Å². The van der Waals surface area contributed by atoms with E-state index in [4.69, 9.17) is 0 Å². The zero-order valence-electron chi connectivity index (χ0n) is 18.4. The molecule has 0 aromatic heterocycles. The third kappa shape index (κ3) is 4.50. The summed E-state index contributed by atoms with van der Waals surface area (Å²) in [6.07, 6.45) is 0. The molecule has 0 saturated carbocycles. The average molecular weight is 421 g/mol. The SMILES string of the molecule is CC(=O)c1cccc(NC(=O)CN2C(=O)NC(C)(c3ccc(C(C)(C)C)cc3)C2=O)c1. The Morgan fingerprint density at radius 1 is 1.06 bits per heavy atom. The molecule has 0 aliphatic carbocycles. The fraction of sp³-hybridized carbons (Fsp3) is 0.333. The number of nitrogens with zero attached hydrogens (tertiary/aromatic N) is 1. The van der Waals surface area contributed by atoms with Crippen molar-refractivity contribution >= 4 is 29.3 Å². The fourth-order valence-corrected chi connectivity index (χ4v) is 3.50. The van der Waals surface area contributed by atoms with Gasteiger partial charge < -0.3 is 10.6 Å². The highest BCUT2D eigenvalue weighted by atomic mass is 16.2. The molecule has 1 fully saturated rings. The molecular formula is C24H27N3O4. The molecule has 31 heavy (non-hydrogen) atoms. The van der Waals surface area contributed by atoms with Crippen molar-refractivity contribution in [1.29, 1.82) is 0 Å². The van der Waals surface area contributed by atoms with Crippen molar-refractivity contribution in [2.24, 2.45) is 0 Å². The predicted molar refractivity (Wildman–Crippen MR) is 118 cm³/mol. The minimum absolute atomic E-state index is 0.0355. The van der Waals surface area contributed by atoms with Crippen LogP contribution >= 0.6 is 0 Å². The molecule has 162 valence electrons. The second-order valence-electron chi connectivity index (χ2n) is 8.96. The summed E-state index contributed by atoms with van der Waals surface area (Å²) in [6, 6.07) is 13.4. The molecule has 0 radical (unpaired) electrons. The lowest BCUT2D eigenvalue weighted by molar-refractivity contribution is -0.133. The zero-order valence-corrected chi connectivity index (χ0v) is 18.4. The van der Waals surface area contributed by atoms with Gasteiger partial charge in [-0.1, -0.05) is 57.2 Å². The van der Waals surface area contributed by atoms with E-state index in [2.05, 4.69) is 31.4 Å². The lowest BCUT2D eigenvalue weighted by atomic mass is 9.84. The van der Waals surface area contributed by atoms with Crippen molar-refractivity contribution in [3.05, 3.63) is 65.2 Å². The number of nitrogens with one attached hydrogen (secondary N) is 2. The number of urea groups is 1. The molecule has 1 saturated heterocycles. The van der Waals surface area contributed by atoms with E-state index in [9.17, 15) is 19.2 Å². The van der Waals surface area contributed by atoms with Crippen LogP contribution < -0.4 is 10.6 Å². The van der Waals surface area contributed by atoms with Crippen LogP contribution in [0.5, 0.6) is 0 Å². The van der Waals surface area contributed by atoms with Crippen LogP contribution in [0.1, 0.15) is 56.1 Å². The normalized spacial score (nSPS) is 18.7. The van der Waals surface area contributed by atoms with E-state index in [1.54, 1.807) is 31.2 Å². The molecule has 1 unspecified atom stereocenters. The Kier molecular flexibility index (Phi) is 5.72. The first kappa shape index (κ1) is 22.2. The lowest BCUT2D eigenvalue weighted by Crippen LogP contribution is -2.42. The third-order valence-corrected chi connectivity index (χ3v) is 5.46. The molecule has 0 bridgehead atoms. The number of imide groups is 1. The Bertz CT molecular complexity index is 1050. The average Bonchev–Trinajstić information content (AvgIpc) is 2.91. The number of anilines is 1. The first-order valence-corrected chi connectivity index (χ1v) is 10.1. The molecule has 2 aromatic rings. The quantitative estimate of drug-likeness (QED) is 0.570. The van der Waals surface area contributed by atoms with E-state index in [0.717, 1.165) is 10.5 Å². The van der Waals surface area contributed by atoms with Crippen LogP contribution in [0.15, 0.2) is 48.5 Å². The number of hydrogen-bond acceptors (Lipinski definition) is 4. The van der Waals surface area contributed by atoms with Crippen LogP contribution in [0.25, 0.3) is 0 Å². The largest absolute Gasteiger partial charge is 0.325 e. The summed E-state index contributed by atoms with van der Waals surface area (Å²) < 4.78 is 0. The van der Waals surface area contributed by atoms with Crippen molar-refractivity contribution in [2.45, 2.75) is 45.6 Å². The second kappa shape index (κ2) is 7.98. The Balaban J connectivity index is 1.74. The van der Waals surface area contributed by atoms with Gasteiger partial charge in [-0.25, -0.2) is 4.79 Å². The van der Waals surface area contributed by atoms with Gasteiger partial charge in [0.05, 0.1) is 0 Å². The molecule has 1 atom stereocenters. The van der Waals surface area contributed by atoms with Gasteiger partial charge >= 0.3 is 6.03 Å². The number of carbonyl (C=O) groups excluding carboxylic acids is 4. The van der Waals surface area contributed by atoms with Crippen LogP contribution in [-0.4, -0.2) is 35.1 Å². The number of hydrogen-bond donors (Lipinski definition) is 2. The molecule has 4 amide bonds. The van der Waals surface area contributed by atoms with E-state index in [1.807, 2.05) is 24.3 Å². The highest BCUT2D eigenvalue weighted by Gasteiger charge is 2.49. The maximum Gasteiger partial charge on any atom is 0.325 e. The summed E-state index contributed by atoms with van der Waals surface area (Å²) in [6.45, 7) is 8.93. The van der Waals surface area contributed by atoms with E-state index in [-0.39, 0.29) is 11.2 Å². The number of carbonyl (C=O) groups is 4. The summed E-state index contributed by atoms with van der Waals surface area (Å²) in [4.78, 5) is 50.5. The molecule has 7 heteroatoms. The Hall–Kier alpha value is -3.48. The van der Waals surface area contributed by atoms with Gasteiger partial charge in [0.1, 0.15) is 12.1 Å². The molecule has 1 aliphatic heterocycles. The highest BCUT2D eigenvalue weighted by molar-refractivity contribution is 6.10. The van der Waals surface area contributed by atoms with Gasteiger partial charge in [0.2, 0.25) is 5.91 Å². The van der Waals surface area contributed by atoms with E-state index < -0.39 is 29.9 Å². The van der Waals surface area contributed by atoms with Crippen molar-refractivity contribution in [3.63, 3.8) is 0 Å². The van der Waals surface area contributed by atoms with Crippen LogP contribution in [0.4, 0.5) is 10.5 Å². The zero-order chi connectivity index (χ0) is 23.0. The molecule has 0 spiro atoms. The topological polar surface area (TPSA) is 95.6 Å². The van der Waals surface area contributed by atoms with E-state index in [1.165, 1.54) is 6.92 Å². The number of Topliss-reactive ketones (excluding diaryl/α,β-unsaturated/α-hetero) is 1. The number of benzene rings is 2. The van der Waals surface area contributed by atoms with Crippen LogP contribution in [0, 0.1) is 0 Å². The third-order valence-electron chi connectivity index (χ3n) is 5.46. The predicted octanol–water partition coefficient (Wildman–Crippen LogP) is 3.59. The van der Waals surface area contributed by atoms with Gasteiger partial charge in [-0.3, -0.25) is 19.3 Å². The van der Waals surface area contributed by atoms with Gasteiger partial charge in [-0.15, -0.1) is 0 Å². The van der Waals surface area contributed by atoms with Crippen molar-refractivity contribution in [2.75, 3.05) is 11.9 Å². The van der Waals surface area contributed by atoms with Crippen molar-refractivity contribution < 1.29 is 19.2 Å². The van der Waals surface area contributed by atoms with Gasteiger partial charge in [0, 0.05) is 11.3 Å². The summed E-state index contributed by atoms with van der Waals surface area (Å²) >= 11 is 0. The minimum Gasteiger partial charge on any atom is -0.325 e. The minimum atomic E-state index is -1.25. The first-order chi connectivity index (χ1) is 14.4. The lowest BCUT2D eigenvalue weighted by Gasteiger charge is -2.24. The Morgan fingerprint density at radius 2 is 1.71 bits per heavy atom. The van der Waals surface area contributed by atoms with Crippen molar-refractivity contribution in [1.82, 2.24) is 10.2 Å². The summed E-state index contributed by atoms with van der Waals surface area (Å²) in [5.41, 5.74) is 1.36. The number of rotatable bonds is 5. The Labute approximate surface area is 181 Å². The standard InChI is InChI=1S/C24H27N3O4/c1-15(28)16-7-6-8-19(13-16)25-20(29)14-27-21(30)24(5,26-22(27)31)18-11-9-17(10-12-18)23(2,3)4/h6-13H,14H2,1-5H3,(H,25,29)(H,26,31). The van der Waals surface area contributed by atoms with Crippen LogP contribution in [0.3, 0.4) is 0 Å². The number of amides is 4. The Morgan fingerprint density at radius 3 is 2.29 bits per heavy atom. The maximum atomic E-state index is 13.1.